The predicted molar refractivity (Wildman–Crippen MR) is 131 cm³/mol. The lowest BCUT2D eigenvalue weighted by Crippen LogP contribution is -2.65. The third kappa shape index (κ3) is 3.71. The summed E-state index contributed by atoms with van der Waals surface area (Å²) in [5.74, 6) is 0.376. The molecular weight excluding hydrogens is 458 g/mol. The second-order valence-electron chi connectivity index (χ2n) is 11.0. The molecule has 6 atom stereocenters. The minimum absolute atomic E-state index is 0.000321. The molecule has 5 fully saturated rings. The zero-order valence-electron chi connectivity index (χ0n) is 20.3. The molecule has 5 aliphatic rings. The summed E-state index contributed by atoms with van der Waals surface area (Å²) in [6, 6.07) is 8.92. The number of methoxy groups -OCH3 is 1. The van der Waals surface area contributed by atoms with Crippen molar-refractivity contribution in [3.63, 3.8) is 0 Å². The van der Waals surface area contributed by atoms with Gasteiger partial charge in [-0.25, -0.2) is 0 Å². The van der Waals surface area contributed by atoms with E-state index in [1.165, 1.54) is 0 Å². The van der Waals surface area contributed by atoms with E-state index < -0.39 is 11.6 Å². The van der Waals surface area contributed by atoms with Crippen LogP contribution in [0.5, 0.6) is 5.75 Å². The van der Waals surface area contributed by atoms with Crippen molar-refractivity contribution in [1.29, 1.82) is 5.26 Å². The lowest BCUT2D eigenvalue weighted by atomic mass is 9.52. The Hall–Kier alpha value is -3.54. The Morgan fingerprint density at radius 2 is 2.11 bits per heavy atom. The van der Waals surface area contributed by atoms with Crippen LogP contribution in [0.15, 0.2) is 24.3 Å². The second kappa shape index (κ2) is 8.54. The van der Waals surface area contributed by atoms with E-state index in [9.17, 15) is 19.6 Å². The van der Waals surface area contributed by atoms with Crippen molar-refractivity contribution in [1.82, 2.24) is 20.9 Å². The molecule has 4 aliphatic carbocycles. The quantitative estimate of drug-likeness (QED) is 0.473. The van der Waals surface area contributed by atoms with Crippen LogP contribution in [0.2, 0.25) is 0 Å². The van der Waals surface area contributed by atoms with Crippen molar-refractivity contribution in [3.8, 4) is 11.8 Å². The van der Waals surface area contributed by atoms with Gasteiger partial charge in [-0.1, -0.05) is 18.9 Å². The number of aromatic amines is 1. The van der Waals surface area contributed by atoms with Crippen molar-refractivity contribution in [3.05, 3.63) is 30.0 Å². The number of nitrogens with one attached hydrogen (secondary N) is 4. The molecule has 36 heavy (non-hydrogen) atoms. The van der Waals surface area contributed by atoms with Gasteiger partial charge in [0.05, 0.1) is 13.2 Å². The Kier molecular flexibility index (Phi) is 5.43. The fraction of sp³-hybridized carbons (Fsp3) is 0.556. The highest BCUT2D eigenvalue weighted by molar-refractivity contribution is 6.01. The van der Waals surface area contributed by atoms with Gasteiger partial charge in [0.15, 0.2) is 0 Å². The van der Waals surface area contributed by atoms with Gasteiger partial charge in [-0.2, -0.15) is 5.26 Å². The maximum absolute atomic E-state index is 13.6. The van der Waals surface area contributed by atoms with Crippen LogP contribution < -0.4 is 20.7 Å². The molecule has 1 aliphatic heterocycles. The number of carbonyl (C=O) groups excluding carboxylic acids is 3. The molecule has 3 amide bonds. The highest BCUT2D eigenvalue weighted by atomic mass is 16.5. The van der Waals surface area contributed by atoms with Crippen molar-refractivity contribution in [2.45, 2.75) is 50.1 Å². The standard InChI is InChI=1S/C27H31N5O4/c1-36-22-4-2-3-19-16(22)10-21(30-19)24(33)31-20(9-14-5-6-14)25(34)32-27(13-28)11-15-7-8-18(27)23-17(15)12-29-26(23)35/h2-4,10,14-15,17-18,20,23,30H,5-9,11-12H2,1H3,(H,29,35)(H,31,33)(H,32,34)/t15-,17+,18+,20-,23-,27+/m0/s1. The fourth-order valence-electron chi connectivity index (χ4n) is 6.95. The number of carbonyl (C=O) groups is 3. The number of hydrogen-bond acceptors (Lipinski definition) is 5. The number of benzene rings is 1. The van der Waals surface area contributed by atoms with Gasteiger partial charge in [0.25, 0.3) is 5.91 Å². The van der Waals surface area contributed by atoms with Gasteiger partial charge >= 0.3 is 0 Å². The molecular formula is C27H31N5O4. The number of rotatable bonds is 7. The Morgan fingerprint density at radius 1 is 1.28 bits per heavy atom. The van der Waals surface area contributed by atoms with Gasteiger partial charge in [0.2, 0.25) is 11.8 Å². The van der Waals surface area contributed by atoms with Crippen LogP contribution in [0.25, 0.3) is 10.9 Å². The maximum Gasteiger partial charge on any atom is 0.268 e. The average Bonchev–Trinajstić information content (AvgIpc) is 3.44. The minimum Gasteiger partial charge on any atom is -0.496 e. The molecule has 1 aromatic carbocycles. The average molecular weight is 490 g/mol. The summed E-state index contributed by atoms with van der Waals surface area (Å²) in [7, 11) is 1.58. The van der Waals surface area contributed by atoms with Crippen LogP contribution in [0, 0.1) is 40.9 Å². The monoisotopic (exact) mass is 489 g/mol. The van der Waals surface area contributed by atoms with E-state index in [4.69, 9.17) is 4.74 Å². The Labute approximate surface area is 209 Å². The number of amides is 3. The van der Waals surface area contributed by atoms with Gasteiger partial charge in [-0.3, -0.25) is 14.4 Å². The van der Waals surface area contributed by atoms with E-state index in [1.54, 1.807) is 13.2 Å². The highest BCUT2D eigenvalue weighted by Crippen LogP contribution is 2.55. The Balaban J connectivity index is 1.23. The number of H-pyrrole nitrogens is 1. The molecule has 4 N–H and O–H groups in total. The molecule has 9 heteroatoms. The van der Waals surface area contributed by atoms with Crippen molar-refractivity contribution in [2.75, 3.05) is 13.7 Å². The van der Waals surface area contributed by atoms with Crippen LogP contribution in [0.3, 0.4) is 0 Å². The molecule has 2 aromatic rings. The Bertz CT molecular complexity index is 1280. The summed E-state index contributed by atoms with van der Waals surface area (Å²) < 4.78 is 5.40. The van der Waals surface area contributed by atoms with Gasteiger partial charge in [0, 0.05) is 29.3 Å². The molecule has 1 saturated heterocycles. The van der Waals surface area contributed by atoms with Gasteiger partial charge in [-0.05, 0) is 61.6 Å². The topological polar surface area (TPSA) is 136 Å². The lowest BCUT2D eigenvalue weighted by Gasteiger charge is -2.53. The fourth-order valence-corrected chi connectivity index (χ4v) is 6.95. The Morgan fingerprint density at radius 3 is 2.86 bits per heavy atom. The lowest BCUT2D eigenvalue weighted by molar-refractivity contribution is -0.135. The van der Waals surface area contributed by atoms with Gasteiger partial charge in [0.1, 0.15) is 23.0 Å². The van der Waals surface area contributed by atoms with Crippen molar-refractivity contribution in [2.24, 2.45) is 29.6 Å². The zero-order valence-corrected chi connectivity index (χ0v) is 20.3. The van der Waals surface area contributed by atoms with E-state index >= 15 is 0 Å². The summed E-state index contributed by atoms with van der Waals surface area (Å²) in [5, 5.41) is 20.0. The molecule has 1 aromatic heterocycles. The van der Waals surface area contributed by atoms with Crippen molar-refractivity contribution >= 4 is 28.6 Å². The molecule has 7 rings (SSSR count). The summed E-state index contributed by atoms with van der Waals surface area (Å²) in [6.45, 7) is 0.662. The molecule has 2 heterocycles. The molecule has 4 saturated carbocycles. The number of hydrogen-bond donors (Lipinski definition) is 4. The van der Waals surface area contributed by atoms with Crippen LogP contribution in [-0.2, 0) is 9.59 Å². The first-order chi connectivity index (χ1) is 17.4. The molecule has 9 nitrogen and oxygen atoms in total. The molecule has 188 valence electrons. The van der Waals surface area contributed by atoms with Crippen LogP contribution >= 0.6 is 0 Å². The maximum atomic E-state index is 13.6. The summed E-state index contributed by atoms with van der Waals surface area (Å²) in [6.07, 6.45) is 4.88. The molecule has 0 unspecified atom stereocenters. The third-order valence-corrected chi connectivity index (χ3v) is 8.90. The van der Waals surface area contributed by atoms with E-state index in [0.29, 0.717) is 36.7 Å². The largest absolute Gasteiger partial charge is 0.496 e. The molecule has 0 spiro atoms. The van der Waals surface area contributed by atoms with Gasteiger partial charge < -0.3 is 25.7 Å². The normalized spacial score (nSPS) is 31.3. The smallest absolute Gasteiger partial charge is 0.268 e. The predicted octanol–water partition coefficient (Wildman–Crippen LogP) is 2.25. The van der Waals surface area contributed by atoms with E-state index in [0.717, 1.165) is 36.6 Å². The number of ether oxygens (including phenoxy) is 1. The van der Waals surface area contributed by atoms with E-state index in [1.807, 2.05) is 18.2 Å². The SMILES string of the molecule is COc1cccc2[nH]c(C(=O)N[C@@H](CC3CC3)C(=O)N[C@@]3(C#N)C[C@@H]4CC[C@@H]3[C@H]3C(=O)NC[C@H]43)cc12. The summed E-state index contributed by atoms with van der Waals surface area (Å²) >= 11 is 0. The van der Waals surface area contributed by atoms with E-state index in [-0.39, 0.29) is 41.4 Å². The molecule has 2 bridgehead atoms. The number of nitriles is 1. The van der Waals surface area contributed by atoms with Crippen LogP contribution in [0.1, 0.15) is 49.0 Å². The minimum atomic E-state index is -1.08. The second-order valence-corrected chi connectivity index (χ2v) is 11.0. The first-order valence-electron chi connectivity index (χ1n) is 12.9. The van der Waals surface area contributed by atoms with Gasteiger partial charge in [-0.15, -0.1) is 0 Å². The first-order valence-corrected chi connectivity index (χ1v) is 12.9. The van der Waals surface area contributed by atoms with Crippen LogP contribution in [0.4, 0.5) is 0 Å². The summed E-state index contributed by atoms with van der Waals surface area (Å²) in [5.41, 5.74) is 0.0400. The van der Waals surface area contributed by atoms with E-state index in [2.05, 4.69) is 27.0 Å². The van der Waals surface area contributed by atoms with Crippen LogP contribution in [-0.4, -0.2) is 47.9 Å². The number of fused-ring (bicyclic) bond motifs is 3. The summed E-state index contributed by atoms with van der Waals surface area (Å²) in [4.78, 5) is 42.5. The number of aromatic nitrogens is 1. The molecule has 0 radical (unpaired) electrons. The zero-order chi connectivity index (χ0) is 25.0. The third-order valence-electron chi connectivity index (χ3n) is 8.90. The number of nitrogens with zero attached hydrogens (tertiary/aromatic N) is 1. The highest BCUT2D eigenvalue weighted by Gasteiger charge is 2.61. The van der Waals surface area contributed by atoms with Crippen molar-refractivity contribution < 1.29 is 19.1 Å². The first kappa shape index (κ1) is 22.9.